The maximum atomic E-state index is 11.2. The molecule has 0 aromatic heterocycles. The molecule has 0 saturated carbocycles. The van der Waals surface area contributed by atoms with Crippen molar-refractivity contribution in [3.63, 3.8) is 0 Å². The molecule has 1 amide bonds. The third kappa shape index (κ3) is 2.83. The lowest BCUT2D eigenvalue weighted by Gasteiger charge is -2.08. The summed E-state index contributed by atoms with van der Waals surface area (Å²) >= 11 is 0. The molecule has 1 rings (SSSR count). The molecule has 4 nitrogen and oxygen atoms in total. The summed E-state index contributed by atoms with van der Waals surface area (Å²) in [6.45, 7) is -0.0802. The highest BCUT2D eigenvalue weighted by Crippen LogP contribution is 2.14. The Morgan fingerprint density at radius 3 is 2.86 bits per heavy atom. The SMILES string of the molecule is COCC(=O)Nc1ccccc1CO. The topological polar surface area (TPSA) is 58.6 Å². The van der Waals surface area contributed by atoms with Crippen molar-refractivity contribution in [2.45, 2.75) is 6.61 Å². The van der Waals surface area contributed by atoms with E-state index in [0.717, 1.165) is 0 Å². The van der Waals surface area contributed by atoms with Gasteiger partial charge in [0.2, 0.25) is 5.91 Å². The Morgan fingerprint density at radius 1 is 1.50 bits per heavy atom. The Kier molecular flexibility index (Phi) is 4.10. The molecule has 0 unspecified atom stereocenters. The van der Waals surface area contributed by atoms with Gasteiger partial charge >= 0.3 is 0 Å². The normalized spacial score (nSPS) is 9.86. The number of nitrogens with one attached hydrogen (secondary N) is 1. The van der Waals surface area contributed by atoms with Crippen molar-refractivity contribution >= 4 is 11.6 Å². The summed E-state index contributed by atoms with van der Waals surface area (Å²) in [5.74, 6) is -0.228. The van der Waals surface area contributed by atoms with Crippen LogP contribution in [0.15, 0.2) is 24.3 Å². The van der Waals surface area contributed by atoms with Crippen molar-refractivity contribution in [2.75, 3.05) is 19.0 Å². The van der Waals surface area contributed by atoms with E-state index < -0.39 is 0 Å². The second-order valence-corrected chi connectivity index (χ2v) is 2.80. The molecule has 0 aliphatic heterocycles. The number of carbonyl (C=O) groups is 1. The van der Waals surface area contributed by atoms with E-state index in [9.17, 15) is 4.79 Å². The van der Waals surface area contributed by atoms with Crippen LogP contribution in [0.1, 0.15) is 5.56 Å². The minimum absolute atomic E-state index is 0.0137. The zero-order valence-corrected chi connectivity index (χ0v) is 7.99. The van der Waals surface area contributed by atoms with Gasteiger partial charge in [-0.25, -0.2) is 0 Å². The van der Waals surface area contributed by atoms with Crippen molar-refractivity contribution in [1.82, 2.24) is 0 Å². The first kappa shape index (κ1) is 10.7. The highest BCUT2D eigenvalue weighted by molar-refractivity contribution is 5.92. The first-order chi connectivity index (χ1) is 6.77. The second kappa shape index (κ2) is 5.36. The van der Waals surface area contributed by atoms with E-state index in [-0.39, 0.29) is 19.1 Å². The summed E-state index contributed by atoms with van der Waals surface area (Å²) in [6, 6.07) is 7.08. The molecule has 1 aromatic carbocycles. The van der Waals surface area contributed by atoms with E-state index in [2.05, 4.69) is 10.1 Å². The number of aliphatic hydroxyl groups excluding tert-OH is 1. The molecule has 0 bridgehead atoms. The largest absolute Gasteiger partial charge is 0.392 e. The molecular formula is C10H13NO3. The molecule has 0 fully saturated rings. The quantitative estimate of drug-likeness (QED) is 0.745. The van der Waals surface area contributed by atoms with Crippen LogP contribution in [0.5, 0.6) is 0 Å². The van der Waals surface area contributed by atoms with Crippen LogP contribution in [0, 0.1) is 0 Å². The van der Waals surface area contributed by atoms with Crippen molar-refractivity contribution in [3.05, 3.63) is 29.8 Å². The number of benzene rings is 1. The molecule has 14 heavy (non-hydrogen) atoms. The van der Waals surface area contributed by atoms with Crippen molar-refractivity contribution in [1.29, 1.82) is 0 Å². The van der Waals surface area contributed by atoms with Gasteiger partial charge in [-0.15, -0.1) is 0 Å². The van der Waals surface area contributed by atoms with Crippen LogP contribution in [0.4, 0.5) is 5.69 Å². The lowest BCUT2D eigenvalue weighted by molar-refractivity contribution is -0.119. The molecule has 0 aliphatic carbocycles. The summed E-state index contributed by atoms with van der Waals surface area (Å²) in [7, 11) is 1.46. The van der Waals surface area contributed by atoms with Gasteiger partial charge < -0.3 is 15.2 Å². The fourth-order valence-electron chi connectivity index (χ4n) is 1.10. The van der Waals surface area contributed by atoms with Crippen LogP contribution in [-0.2, 0) is 16.1 Å². The monoisotopic (exact) mass is 195 g/mol. The number of methoxy groups -OCH3 is 1. The van der Waals surface area contributed by atoms with Crippen LogP contribution in [0.25, 0.3) is 0 Å². The summed E-state index contributed by atoms with van der Waals surface area (Å²) in [5.41, 5.74) is 1.31. The van der Waals surface area contributed by atoms with Gasteiger partial charge in [-0.05, 0) is 6.07 Å². The van der Waals surface area contributed by atoms with Crippen LogP contribution >= 0.6 is 0 Å². The molecule has 4 heteroatoms. The van der Waals surface area contributed by atoms with Gasteiger partial charge in [0, 0.05) is 18.4 Å². The molecule has 0 aliphatic rings. The molecule has 0 radical (unpaired) electrons. The molecule has 0 saturated heterocycles. The van der Waals surface area contributed by atoms with Gasteiger partial charge in [0.25, 0.3) is 0 Å². The Bertz CT molecular complexity index is 312. The maximum absolute atomic E-state index is 11.2. The summed E-state index contributed by atoms with van der Waals surface area (Å²) in [5, 5.41) is 11.6. The molecule has 0 spiro atoms. The van der Waals surface area contributed by atoms with Crippen molar-refractivity contribution in [3.8, 4) is 0 Å². The molecule has 0 heterocycles. The zero-order valence-electron chi connectivity index (χ0n) is 7.99. The van der Waals surface area contributed by atoms with E-state index in [1.54, 1.807) is 24.3 Å². The fourth-order valence-corrected chi connectivity index (χ4v) is 1.10. The van der Waals surface area contributed by atoms with Gasteiger partial charge in [-0.2, -0.15) is 0 Å². The Morgan fingerprint density at radius 2 is 2.21 bits per heavy atom. The Balaban J connectivity index is 2.70. The molecule has 1 aromatic rings. The van der Waals surface area contributed by atoms with Gasteiger partial charge in [-0.3, -0.25) is 4.79 Å². The van der Waals surface area contributed by atoms with Gasteiger partial charge in [-0.1, -0.05) is 18.2 Å². The number of rotatable bonds is 4. The number of hydrogen-bond donors (Lipinski definition) is 2. The average molecular weight is 195 g/mol. The number of anilines is 1. The number of aliphatic hydroxyl groups is 1. The van der Waals surface area contributed by atoms with E-state index in [1.165, 1.54) is 7.11 Å². The van der Waals surface area contributed by atoms with E-state index >= 15 is 0 Å². The first-order valence-electron chi connectivity index (χ1n) is 4.25. The van der Waals surface area contributed by atoms with E-state index in [4.69, 9.17) is 5.11 Å². The fraction of sp³-hybridized carbons (Fsp3) is 0.300. The summed E-state index contributed by atoms with van der Waals surface area (Å²) < 4.78 is 4.67. The lowest BCUT2D eigenvalue weighted by Crippen LogP contribution is -2.18. The highest BCUT2D eigenvalue weighted by atomic mass is 16.5. The lowest BCUT2D eigenvalue weighted by atomic mass is 10.2. The summed E-state index contributed by atoms with van der Waals surface area (Å²) in [4.78, 5) is 11.2. The van der Waals surface area contributed by atoms with Crippen LogP contribution in [0.2, 0.25) is 0 Å². The standard InChI is InChI=1S/C10H13NO3/c1-14-7-10(13)11-9-5-3-2-4-8(9)6-12/h2-5,12H,6-7H2,1H3,(H,11,13). The number of carbonyl (C=O) groups excluding carboxylic acids is 1. The van der Waals surface area contributed by atoms with Crippen LogP contribution < -0.4 is 5.32 Å². The maximum Gasteiger partial charge on any atom is 0.250 e. The summed E-state index contributed by atoms with van der Waals surface area (Å²) in [6.07, 6.45) is 0. The average Bonchev–Trinajstić information content (AvgIpc) is 2.19. The van der Waals surface area contributed by atoms with E-state index in [0.29, 0.717) is 11.3 Å². The smallest absolute Gasteiger partial charge is 0.250 e. The predicted molar refractivity (Wildman–Crippen MR) is 52.9 cm³/mol. The van der Waals surface area contributed by atoms with E-state index in [1.807, 2.05) is 0 Å². The van der Waals surface area contributed by atoms with Crippen molar-refractivity contribution in [2.24, 2.45) is 0 Å². The van der Waals surface area contributed by atoms with Crippen molar-refractivity contribution < 1.29 is 14.6 Å². The van der Waals surface area contributed by atoms with Gasteiger partial charge in [0.05, 0.1) is 6.61 Å². The first-order valence-corrected chi connectivity index (χ1v) is 4.25. The molecule has 2 N–H and O–H groups in total. The zero-order chi connectivity index (χ0) is 10.4. The third-order valence-corrected chi connectivity index (χ3v) is 1.74. The Labute approximate surface area is 82.5 Å². The van der Waals surface area contributed by atoms with Gasteiger partial charge in [0.15, 0.2) is 0 Å². The third-order valence-electron chi connectivity index (χ3n) is 1.74. The minimum Gasteiger partial charge on any atom is -0.392 e. The second-order valence-electron chi connectivity index (χ2n) is 2.80. The van der Waals surface area contributed by atoms with Crippen LogP contribution in [0.3, 0.4) is 0 Å². The molecule has 0 atom stereocenters. The van der Waals surface area contributed by atoms with Crippen LogP contribution in [-0.4, -0.2) is 24.7 Å². The van der Waals surface area contributed by atoms with Gasteiger partial charge in [0.1, 0.15) is 6.61 Å². The highest BCUT2D eigenvalue weighted by Gasteiger charge is 2.04. The predicted octanol–water partition coefficient (Wildman–Crippen LogP) is 0.764. The molecular weight excluding hydrogens is 182 g/mol. The number of ether oxygens (including phenoxy) is 1. The minimum atomic E-state index is -0.228. The number of para-hydroxylation sites is 1. The number of amides is 1. The number of hydrogen-bond acceptors (Lipinski definition) is 3. The Hall–Kier alpha value is -1.39. The molecule has 76 valence electrons.